The quantitative estimate of drug-likeness (QED) is 0.864. The highest BCUT2D eigenvalue weighted by Gasteiger charge is 2.13. The zero-order chi connectivity index (χ0) is 14.5. The summed E-state index contributed by atoms with van der Waals surface area (Å²) >= 11 is 9.23. The van der Waals surface area contributed by atoms with Crippen molar-refractivity contribution in [3.63, 3.8) is 0 Å². The Morgan fingerprint density at radius 3 is 2.60 bits per heavy atom. The molecule has 0 heterocycles. The molecule has 0 aliphatic heterocycles. The van der Waals surface area contributed by atoms with Gasteiger partial charge in [-0.1, -0.05) is 41.9 Å². The van der Waals surface area contributed by atoms with E-state index < -0.39 is 0 Å². The fraction of sp³-hybridized carbons (Fsp3) is 0.188. The maximum absolute atomic E-state index is 12.2. The second-order valence-electron chi connectivity index (χ2n) is 4.69. The minimum Gasteiger partial charge on any atom is -0.349 e. The average Bonchev–Trinajstić information content (AvgIpc) is 2.39. The molecule has 2 aromatic rings. The third-order valence-corrected chi connectivity index (χ3v) is 3.83. The van der Waals surface area contributed by atoms with Crippen molar-refractivity contribution in [2.75, 3.05) is 0 Å². The number of halogens is 2. The van der Waals surface area contributed by atoms with Crippen LogP contribution >= 0.6 is 27.5 Å². The fourth-order valence-corrected chi connectivity index (χ4v) is 2.86. The number of rotatable bonds is 4. The Morgan fingerprint density at radius 1 is 1.25 bits per heavy atom. The van der Waals surface area contributed by atoms with E-state index in [9.17, 15) is 4.79 Å². The van der Waals surface area contributed by atoms with E-state index in [1.165, 1.54) is 5.56 Å². The summed E-state index contributed by atoms with van der Waals surface area (Å²) < 4.78 is 0.703. The Kier molecular flexibility index (Phi) is 5.21. The van der Waals surface area contributed by atoms with Gasteiger partial charge in [0.1, 0.15) is 0 Å². The first-order valence-electron chi connectivity index (χ1n) is 6.36. The molecule has 2 aromatic carbocycles. The van der Waals surface area contributed by atoms with Crippen LogP contribution in [-0.4, -0.2) is 11.9 Å². The van der Waals surface area contributed by atoms with Gasteiger partial charge in [0, 0.05) is 15.5 Å². The lowest BCUT2D eigenvalue weighted by Crippen LogP contribution is -2.34. The highest BCUT2D eigenvalue weighted by molar-refractivity contribution is 9.10. The van der Waals surface area contributed by atoms with E-state index >= 15 is 0 Å². The maximum atomic E-state index is 12.2. The van der Waals surface area contributed by atoms with Gasteiger partial charge in [-0.3, -0.25) is 4.79 Å². The van der Waals surface area contributed by atoms with Crippen molar-refractivity contribution in [2.24, 2.45) is 0 Å². The van der Waals surface area contributed by atoms with Crippen molar-refractivity contribution in [3.05, 3.63) is 69.2 Å². The van der Waals surface area contributed by atoms with Gasteiger partial charge < -0.3 is 5.32 Å². The highest BCUT2D eigenvalue weighted by Crippen LogP contribution is 2.21. The van der Waals surface area contributed by atoms with Gasteiger partial charge >= 0.3 is 0 Å². The van der Waals surface area contributed by atoms with Crippen molar-refractivity contribution in [3.8, 4) is 0 Å². The van der Waals surface area contributed by atoms with Gasteiger partial charge in [0.15, 0.2) is 0 Å². The second kappa shape index (κ2) is 6.91. The SMILES string of the molecule is CC(Cc1ccccc1)NC(=O)c1ccc(Cl)cc1Br. The minimum atomic E-state index is -0.100. The third-order valence-electron chi connectivity index (χ3n) is 2.94. The van der Waals surface area contributed by atoms with E-state index in [1.807, 2.05) is 25.1 Å². The lowest BCUT2D eigenvalue weighted by atomic mass is 10.1. The van der Waals surface area contributed by atoms with Gasteiger partial charge in [-0.15, -0.1) is 0 Å². The van der Waals surface area contributed by atoms with E-state index in [0.29, 0.717) is 15.1 Å². The molecule has 2 nitrogen and oxygen atoms in total. The summed E-state index contributed by atoms with van der Waals surface area (Å²) in [6.07, 6.45) is 0.803. The average molecular weight is 353 g/mol. The topological polar surface area (TPSA) is 29.1 Å². The van der Waals surface area contributed by atoms with Crippen LogP contribution in [0.1, 0.15) is 22.8 Å². The largest absolute Gasteiger partial charge is 0.349 e. The standard InChI is InChI=1S/C16H15BrClNO/c1-11(9-12-5-3-2-4-6-12)19-16(20)14-8-7-13(18)10-15(14)17/h2-8,10-11H,9H2,1H3,(H,19,20). The van der Waals surface area contributed by atoms with Gasteiger partial charge in [0.25, 0.3) is 5.91 Å². The van der Waals surface area contributed by atoms with E-state index in [0.717, 1.165) is 6.42 Å². The molecule has 1 unspecified atom stereocenters. The number of carbonyl (C=O) groups excluding carboxylic acids is 1. The molecule has 1 amide bonds. The Balaban J connectivity index is 2.00. The smallest absolute Gasteiger partial charge is 0.252 e. The van der Waals surface area contributed by atoms with Crippen molar-refractivity contribution >= 4 is 33.4 Å². The second-order valence-corrected chi connectivity index (χ2v) is 5.98. The maximum Gasteiger partial charge on any atom is 0.252 e. The van der Waals surface area contributed by atoms with Crippen LogP contribution in [0.3, 0.4) is 0 Å². The van der Waals surface area contributed by atoms with Crippen molar-refractivity contribution in [1.82, 2.24) is 5.32 Å². The number of benzene rings is 2. The summed E-state index contributed by atoms with van der Waals surface area (Å²) in [4.78, 5) is 12.2. The highest BCUT2D eigenvalue weighted by atomic mass is 79.9. The Bertz CT molecular complexity index is 601. The van der Waals surface area contributed by atoms with Crippen molar-refractivity contribution < 1.29 is 4.79 Å². The van der Waals surface area contributed by atoms with Crippen LogP contribution in [0.5, 0.6) is 0 Å². The van der Waals surface area contributed by atoms with Crippen LogP contribution in [0.2, 0.25) is 5.02 Å². The molecule has 0 spiro atoms. The number of carbonyl (C=O) groups is 1. The molecule has 1 atom stereocenters. The third kappa shape index (κ3) is 4.09. The molecule has 1 N–H and O–H groups in total. The molecule has 0 aliphatic rings. The summed E-state index contributed by atoms with van der Waals surface area (Å²) in [5.74, 6) is -0.100. The molecule has 0 radical (unpaired) electrons. The Morgan fingerprint density at radius 2 is 1.95 bits per heavy atom. The first-order valence-corrected chi connectivity index (χ1v) is 7.53. The number of hydrogen-bond acceptors (Lipinski definition) is 1. The van der Waals surface area contributed by atoms with E-state index in [-0.39, 0.29) is 11.9 Å². The zero-order valence-corrected chi connectivity index (χ0v) is 13.4. The summed E-state index contributed by atoms with van der Waals surface area (Å²) in [6, 6.07) is 15.3. The molecule has 0 bridgehead atoms. The van der Waals surface area contributed by atoms with Crippen LogP contribution in [0, 0.1) is 0 Å². The van der Waals surface area contributed by atoms with Gasteiger partial charge in [-0.25, -0.2) is 0 Å². The van der Waals surface area contributed by atoms with Crippen LogP contribution in [-0.2, 0) is 6.42 Å². The normalized spacial score (nSPS) is 11.9. The summed E-state index contributed by atoms with van der Waals surface area (Å²) in [5.41, 5.74) is 1.80. The van der Waals surface area contributed by atoms with Crippen LogP contribution in [0.4, 0.5) is 0 Å². The predicted molar refractivity (Wildman–Crippen MR) is 86.2 cm³/mol. The fourth-order valence-electron chi connectivity index (χ4n) is 1.99. The van der Waals surface area contributed by atoms with E-state index in [4.69, 9.17) is 11.6 Å². The molecule has 0 aliphatic carbocycles. The number of hydrogen-bond donors (Lipinski definition) is 1. The molecule has 104 valence electrons. The first kappa shape index (κ1) is 15.1. The number of nitrogens with one attached hydrogen (secondary N) is 1. The van der Waals surface area contributed by atoms with Crippen molar-refractivity contribution in [1.29, 1.82) is 0 Å². The molecule has 4 heteroatoms. The Labute approximate surface area is 132 Å². The van der Waals surface area contributed by atoms with E-state index in [2.05, 4.69) is 33.4 Å². The molecule has 20 heavy (non-hydrogen) atoms. The van der Waals surface area contributed by atoms with Crippen LogP contribution < -0.4 is 5.32 Å². The lowest BCUT2D eigenvalue weighted by molar-refractivity contribution is 0.0939. The molecular weight excluding hydrogens is 338 g/mol. The van der Waals surface area contributed by atoms with Crippen LogP contribution in [0.15, 0.2) is 53.0 Å². The van der Waals surface area contributed by atoms with Gasteiger partial charge in [0.05, 0.1) is 5.56 Å². The van der Waals surface area contributed by atoms with Crippen LogP contribution in [0.25, 0.3) is 0 Å². The molecule has 0 saturated carbocycles. The molecular formula is C16H15BrClNO. The summed E-state index contributed by atoms with van der Waals surface area (Å²) in [5, 5.41) is 3.60. The van der Waals surface area contributed by atoms with Gasteiger partial charge in [0.2, 0.25) is 0 Å². The molecule has 0 aromatic heterocycles. The van der Waals surface area contributed by atoms with Gasteiger partial charge in [-0.2, -0.15) is 0 Å². The van der Waals surface area contributed by atoms with Crippen molar-refractivity contribution in [2.45, 2.75) is 19.4 Å². The van der Waals surface area contributed by atoms with Gasteiger partial charge in [-0.05, 0) is 53.0 Å². The summed E-state index contributed by atoms with van der Waals surface area (Å²) in [6.45, 7) is 1.99. The monoisotopic (exact) mass is 351 g/mol. The molecule has 0 saturated heterocycles. The number of amides is 1. The lowest BCUT2D eigenvalue weighted by Gasteiger charge is -2.14. The molecule has 0 fully saturated rings. The first-order chi connectivity index (χ1) is 9.56. The Hall–Kier alpha value is -1.32. The summed E-state index contributed by atoms with van der Waals surface area (Å²) in [7, 11) is 0. The molecule has 2 rings (SSSR count). The predicted octanol–water partition coefficient (Wildman–Crippen LogP) is 4.46. The van der Waals surface area contributed by atoms with E-state index in [1.54, 1.807) is 18.2 Å². The zero-order valence-electron chi connectivity index (χ0n) is 11.1. The minimum absolute atomic E-state index is 0.0625.